The number of esters is 1. The molecule has 0 aliphatic heterocycles. The molecule has 2 rings (SSSR count). The zero-order valence-electron chi connectivity index (χ0n) is 18.0. The van der Waals surface area contributed by atoms with E-state index >= 15 is 0 Å². The molecular formula is C23H26N2O5S. The largest absolute Gasteiger partial charge is 0.454 e. The van der Waals surface area contributed by atoms with Crippen molar-refractivity contribution in [2.24, 2.45) is 5.41 Å². The highest BCUT2D eigenvalue weighted by Gasteiger charge is 2.23. The Balaban J connectivity index is 1.93. The Labute approximate surface area is 185 Å². The first kappa shape index (κ1) is 24.1. The van der Waals surface area contributed by atoms with E-state index < -0.39 is 11.4 Å². The van der Waals surface area contributed by atoms with E-state index in [-0.39, 0.29) is 30.0 Å². The van der Waals surface area contributed by atoms with Crippen LogP contribution in [0.25, 0.3) is 0 Å². The fraction of sp³-hybridized carbons (Fsp3) is 0.304. The average molecular weight is 443 g/mol. The first-order chi connectivity index (χ1) is 14.6. The number of carbonyl (C=O) groups is 4. The molecule has 164 valence electrons. The summed E-state index contributed by atoms with van der Waals surface area (Å²) in [4.78, 5) is 48.4. The minimum atomic E-state index is -0.602. The van der Waals surface area contributed by atoms with Crippen LogP contribution in [0.5, 0.6) is 0 Å². The molecule has 0 fully saturated rings. The minimum absolute atomic E-state index is 0.0820. The molecule has 0 atom stereocenters. The Morgan fingerprint density at radius 2 is 1.48 bits per heavy atom. The van der Waals surface area contributed by atoms with Crippen molar-refractivity contribution in [3.8, 4) is 0 Å². The van der Waals surface area contributed by atoms with Crippen LogP contribution in [0.3, 0.4) is 0 Å². The van der Waals surface area contributed by atoms with Gasteiger partial charge in [-0.1, -0.05) is 32.9 Å². The first-order valence-electron chi connectivity index (χ1n) is 9.66. The number of rotatable bonds is 8. The minimum Gasteiger partial charge on any atom is -0.454 e. The molecule has 0 spiro atoms. The predicted octanol–water partition coefficient (Wildman–Crippen LogP) is 4.15. The second-order valence-electron chi connectivity index (χ2n) is 7.84. The Kier molecular flexibility index (Phi) is 8.38. The van der Waals surface area contributed by atoms with Gasteiger partial charge in [-0.25, -0.2) is 4.79 Å². The van der Waals surface area contributed by atoms with Crippen molar-refractivity contribution in [1.82, 2.24) is 0 Å². The molecule has 2 aromatic carbocycles. The van der Waals surface area contributed by atoms with Crippen LogP contribution in [0.4, 0.5) is 11.4 Å². The zero-order chi connectivity index (χ0) is 23.0. The van der Waals surface area contributed by atoms with Gasteiger partial charge in [0.1, 0.15) is 0 Å². The third kappa shape index (κ3) is 7.90. The maximum atomic E-state index is 12.4. The summed E-state index contributed by atoms with van der Waals surface area (Å²) in [6.45, 7) is 6.41. The van der Waals surface area contributed by atoms with Gasteiger partial charge in [0.25, 0.3) is 0 Å². The van der Waals surface area contributed by atoms with Crippen molar-refractivity contribution in [1.29, 1.82) is 0 Å². The molecule has 0 aliphatic rings. The van der Waals surface area contributed by atoms with Gasteiger partial charge in [0, 0.05) is 28.6 Å². The summed E-state index contributed by atoms with van der Waals surface area (Å²) in [6.07, 6.45) is 0. The Bertz CT molecular complexity index is 965. The van der Waals surface area contributed by atoms with Crippen molar-refractivity contribution in [3.05, 3.63) is 54.1 Å². The summed E-state index contributed by atoms with van der Waals surface area (Å²) in [5.74, 6) is -1.11. The van der Waals surface area contributed by atoms with E-state index in [1.165, 1.54) is 18.7 Å². The van der Waals surface area contributed by atoms with E-state index in [1.807, 2.05) is 0 Å². The van der Waals surface area contributed by atoms with Crippen molar-refractivity contribution in [2.75, 3.05) is 23.0 Å². The fourth-order valence-electron chi connectivity index (χ4n) is 2.37. The van der Waals surface area contributed by atoms with Crippen LogP contribution >= 0.6 is 11.8 Å². The summed E-state index contributed by atoms with van der Waals surface area (Å²) < 4.78 is 5.17. The van der Waals surface area contributed by atoms with Gasteiger partial charge >= 0.3 is 5.97 Å². The number of ketones is 1. The number of benzene rings is 2. The molecule has 0 saturated heterocycles. The highest BCUT2D eigenvalue weighted by atomic mass is 32.2. The van der Waals surface area contributed by atoms with Gasteiger partial charge in [0.2, 0.25) is 11.8 Å². The van der Waals surface area contributed by atoms with Gasteiger partial charge in [0.15, 0.2) is 12.4 Å². The van der Waals surface area contributed by atoms with E-state index in [0.29, 0.717) is 21.8 Å². The quantitative estimate of drug-likeness (QED) is 0.470. The summed E-state index contributed by atoms with van der Waals surface area (Å²) in [5, 5.41) is 5.42. The number of ether oxygens (including phenoxy) is 1. The summed E-state index contributed by atoms with van der Waals surface area (Å²) in [6, 6.07) is 13.5. The number of anilines is 2. The third-order valence-electron chi connectivity index (χ3n) is 4.13. The first-order valence-corrected chi connectivity index (χ1v) is 10.6. The Morgan fingerprint density at radius 1 is 0.903 bits per heavy atom. The fourth-order valence-corrected chi connectivity index (χ4v) is 3.21. The van der Waals surface area contributed by atoms with Crippen molar-refractivity contribution in [3.63, 3.8) is 0 Å². The van der Waals surface area contributed by atoms with E-state index in [2.05, 4.69) is 10.6 Å². The van der Waals surface area contributed by atoms with E-state index in [4.69, 9.17) is 4.74 Å². The summed E-state index contributed by atoms with van der Waals surface area (Å²) in [5.41, 5.74) is 0.944. The second kappa shape index (κ2) is 10.8. The lowest BCUT2D eigenvalue weighted by molar-refractivity contribution is -0.129. The van der Waals surface area contributed by atoms with Crippen molar-refractivity contribution in [2.45, 2.75) is 32.6 Å². The van der Waals surface area contributed by atoms with Gasteiger partial charge in [-0.15, -0.1) is 11.8 Å². The molecule has 2 N–H and O–H groups in total. The maximum Gasteiger partial charge on any atom is 0.339 e. The second-order valence-corrected chi connectivity index (χ2v) is 8.86. The third-order valence-corrected chi connectivity index (χ3v) is 5.20. The molecule has 0 unspecified atom stereocenters. The van der Waals surface area contributed by atoms with Crippen molar-refractivity contribution < 1.29 is 23.9 Å². The SMILES string of the molecule is CC(=O)Nc1ccc(NC(=O)CSc2ccccc2C(=O)OCC(=O)C(C)(C)C)cc1. The normalized spacial score (nSPS) is 10.8. The number of carbonyl (C=O) groups excluding carboxylic acids is 4. The number of amides is 2. The predicted molar refractivity (Wildman–Crippen MR) is 121 cm³/mol. The Morgan fingerprint density at radius 3 is 2.06 bits per heavy atom. The molecule has 0 aliphatic carbocycles. The van der Waals surface area contributed by atoms with Crippen LogP contribution in [0, 0.1) is 5.41 Å². The topological polar surface area (TPSA) is 102 Å². The smallest absolute Gasteiger partial charge is 0.339 e. The highest BCUT2D eigenvalue weighted by molar-refractivity contribution is 8.00. The molecular weight excluding hydrogens is 416 g/mol. The molecule has 0 aromatic heterocycles. The number of hydrogen-bond donors (Lipinski definition) is 2. The molecule has 0 bridgehead atoms. The van der Waals surface area contributed by atoms with Gasteiger partial charge < -0.3 is 15.4 Å². The van der Waals surface area contributed by atoms with Crippen LogP contribution in [0.2, 0.25) is 0 Å². The van der Waals surface area contributed by atoms with Crippen LogP contribution in [-0.2, 0) is 19.1 Å². The number of nitrogens with one attached hydrogen (secondary N) is 2. The van der Waals surface area contributed by atoms with E-state index in [9.17, 15) is 19.2 Å². The van der Waals surface area contributed by atoms with Crippen LogP contribution in [0.1, 0.15) is 38.1 Å². The lowest BCUT2D eigenvalue weighted by atomic mass is 9.91. The van der Waals surface area contributed by atoms with Crippen LogP contribution < -0.4 is 10.6 Å². The van der Waals surface area contributed by atoms with Gasteiger partial charge in [-0.05, 0) is 36.4 Å². The average Bonchev–Trinajstić information content (AvgIpc) is 2.70. The standard InChI is InChI=1S/C23H26N2O5S/c1-15(26)24-16-9-11-17(12-10-16)25-21(28)14-31-19-8-6-5-7-18(19)22(29)30-13-20(27)23(2,3)4/h5-12H,13-14H2,1-4H3,(H,24,26)(H,25,28). The van der Waals surface area contributed by atoms with Gasteiger partial charge in [-0.3, -0.25) is 14.4 Å². The van der Waals surface area contributed by atoms with Gasteiger partial charge in [-0.2, -0.15) is 0 Å². The molecule has 7 nitrogen and oxygen atoms in total. The van der Waals surface area contributed by atoms with E-state index in [1.54, 1.807) is 69.3 Å². The van der Waals surface area contributed by atoms with Crippen molar-refractivity contribution >= 4 is 46.7 Å². The van der Waals surface area contributed by atoms with Gasteiger partial charge in [0.05, 0.1) is 11.3 Å². The van der Waals surface area contributed by atoms with E-state index in [0.717, 1.165) is 0 Å². The lowest BCUT2D eigenvalue weighted by Crippen LogP contribution is -2.26. The summed E-state index contributed by atoms with van der Waals surface area (Å²) >= 11 is 1.20. The molecule has 2 aromatic rings. The Hall–Kier alpha value is -3.13. The molecule has 0 radical (unpaired) electrons. The zero-order valence-corrected chi connectivity index (χ0v) is 18.8. The number of thioether (sulfide) groups is 1. The molecule has 0 heterocycles. The van der Waals surface area contributed by atoms with Crippen LogP contribution in [-0.4, -0.2) is 35.9 Å². The van der Waals surface area contributed by atoms with Crippen LogP contribution in [0.15, 0.2) is 53.4 Å². The number of hydrogen-bond acceptors (Lipinski definition) is 6. The molecule has 2 amide bonds. The maximum absolute atomic E-state index is 12.4. The summed E-state index contributed by atoms with van der Waals surface area (Å²) in [7, 11) is 0. The molecule has 8 heteroatoms. The number of Topliss-reactive ketones (excluding diaryl/α,β-unsaturated/α-hetero) is 1. The molecule has 0 saturated carbocycles. The molecule has 31 heavy (non-hydrogen) atoms. The highest BCUT2D eigenvalue weighted by Crippen LogP contribution is 2.24. The lowest BCUT2D eigenvalue weighted by Gasteiger charge is -2.16. The monoisotopic (exact) mass is 442 g/mol.